The van der Waals surface area contributed by atoms with E-state index in [4.69, 9.17) is 0 Å². The number of carbonyl (C=O) groups is 2. The molecule has 0 aromatic carbocycles. The summed E-state index contributed by atoms with van der Waals surface area (Å²) in [5.41, 5.74) is 0. The number of aliphatic carboxylic acids is 1. The molecule has 6 nitrogen and oxygen atoms in total. The van der Waals surface area contributed by atoms with Gasteiger partial charge in [-0.1, -0.05) is 20.3 Å². The van der Waals surface area contributed by atoms with E-state index in [-0.39, 0.29) is 18.0 Å². The maximum Gasteiger partial charge on any atom is 0.326 e. The average Bonchev–Trinajstić information content (AvgIpc) is 2.34. The van der Waals surface area contributed by atoms with Gasteiger partial charge in [0.25, 0.3) is 0 Å². The Balaban J connectivity index is 4.79. The van der Waals surface area contributed by atoms with Gasteiger partial charge in [-0.25, -0.2) is 9.59 Å². The van der Waals surface area contributed by atoms with E-state index in [1.54, 1.807) is 4.90 Å². The fraction of sp³-hybridized carbons (Fsp3) is 0.857. The molecule has 0 bridgehead atoms. The van der Waals surface area contributed by atoms with Gasteiger partial charge in [0, 0.05) is 19.1 Å². The quantitative estimate of drug-likeness (QED) is 0.709. The van der Waals surface area contributed by atoms with Crippen LogP contribution >= 0.6 is 0 Å². The van der Waals surface area contributed by atoms with Crippen molar-refractivity contribution in [2.24, 2.45) is 5.92 Å². The van der Waals surface area contributed by atoms with E-state index in [0.717, 1.165) is 6.54 Å². The van der Waals surface area contributed by atoms with E-state index in [0.29, 0.717) is 13.0 Å². The third kappa shape index (κ3) is 5.77. The van der Waals surface area contributed by atoms with E-state index >= 15 is 0 Å². The fourth-order valence-corrected chi connectivity index (χ4v) is 2.18. The number of likely N-dealkylation sites (N-methyl/N-ethyl adjacent to an activating group) is 2. The monoisotopic (exact) mass is 287 g/mol. The molecule has 3 atom stereocenters. The third-order valence-electron chi connectivity index (χ3n) is 3.52. The Hall–Kier alpha value is -1.30. The first-order chi connectivity index (χ1) is 9.24. The van der Waals surface area contributed by atoms with Gasteiger partial charge in [-0.05, 0) is 33.9 Å². The molecule has 0 aromatic rings. The van der Waals surface area contributed by atoms with Crippen LogP contribution in [-0.2, 0) is 4.79 Å². The van der Waals surface area contributed by atoms with Gasteiger partial charge in [-0.2, -0.15) is 0 Å². The summed E-state index contributed by atoms with van der Waals surface area (Å²) < 4.78 is 0. The molecule has 1 unspecified atom stereocenters. The zero-order valence-electron chi connectivity index (χ0n) is 13.5. The summed E-state index contributed by atoms with van der Waals surface area (Å²) in [5.74, 6) is -1.08. The largest absolute Gasteiger partial charge is 0.480 e. The first kappa shape index (κ1) is 18.7. The number of nitrogens with one attached hydrogen (secondary N) is 1. The molecular weight excluding hydrogens is 258 g/mol. The number of carboxylic acids is 1. The molecule has 2 N–H and O–H groups in total. The van der Waals surface area contributed by atoms with E-state index in [2.05, 4.69) is 5.32 Å². The molecule has 0 saturated heterocycles. The lowest BCUT2D eigenvalue weighted by Crippen LogP contribution is -2.54. The predicted molar refractivity (Wildman–Crippen MR) is 79.8 cm³/mol. The normalized spacial score (nSPS) is 15.6. The van der Waals surface area contributed by atoms with Gasteiger partial charge in [0.15, 0.2) is 0 Å². The lowest BCUT2D eigenvalue weighted by molar-refractivity contribution is -0.140. The Morgan fingerprint density at radius 2 is 1.75 bits per heavy atom. The van der Waals surface area contributed by atoms with E-state index in [1.807, 2.05) is 46.7 Å². The molecule has 0 spiro atoms. The van der Waals surface area contributed by atoms with Crippen molar-refractivity contribution in [1.82, 2.24) is 15.1 Å². The molecule has 2 amide bonds. The van der Waals surface area contributed by atoms with Gasteiger partial charge >= 0.3 is 12.0 Å². The Kier molecular flexibility index (Phi) is 8.22. The Morgan fingerprint density at radius 3 is 2.10 bits per heavy atom. The Labute approximate surface area is 122 Å². The molecule has 0 saturated carbocycles. The maximum atomic E-state index is 12.3. The van der Waals surface area contributed by atoms with Crippen LogP contribution in [0.2, 0.25) is 0 Å². The molecule has 6 heteroatoms. The minimum absolute atomic E-state index is 0.0291. The number of rotatable bonds is 8. The topological polar surface area (TPSA) is 72.9 Å². The summed E-state index contributed by atoms with van der Waals surface area (Å²) in [6.45, 7) is 8.89. The second-order valence-corrected chi connectivity index (χ2v) is 5.55. The summed E-state index contributed by atoms with van der Waals surface area (Å²) in [5, 5.41) is 11.9. The van der Waals surface area contributed by atoms with Crippen LogP contribution in [0.5, 0.6) is 0 Å². The highest BCUT2D eigenvalue weighted by Crippen LogP contribution is 2.09. The van der Waals surface area contributed by atoms with E-state index < -0.39 is 12.0 Å². The number of amides is 2. The second-order valence-electron chi connectivity index (χ2n) is 5.55. The zero-order chi connectivity index (χ0) is 15.9. The van der Waals surface area contributed by atoms with Crippen molar-refractivity contribution in [2.75, 3.05) is 27.2 Å². The molecule has 0 fully saturated rings. The summed E-state index contributed by atoms with van der Waals surface area (Å²) >= 11 is 0. The highest BCUT2D eigenvalue weighted by Gasteiger charge is 2.28. The van der Waals surface area contributed by atoms with Gasteiger partial charge in [-0.15, -0.1) is 0 Å². The van der Waals surface area contributed by atoms with Crippen molar-refractivity contribution in [3.05, 3.63) is 0 Å². The van der Waals surface area contributed by atoms with Gasteiger partial charge in [0.1, 0.15) is 6.04 Å². The highest BCUT2D eigenvalue weighted by molar-refractivity contribution is 5.83. The van der Waals surface area contributed by atoms with Crippen molar-refractivity contribution in [1.29, 1.82) is 0 Å². The zero-order valence-corrected chi connectivity index (χ0v) is 13.5. The number of hydrogen-bond donors (Lipinski definition) is 2. The lowest BCUT2D eigenvalue weighted by atomic mass is 9.99. The van der Waals surface area contributed by atoms with Crippen LogP contribution in [0.25, 0.3) is 0 Å². The number of hydrogen-bond acceptors (Lipinski definition) is 3. The SMILES string of the molecule is CC[C@H](C)[C@H](NC(=O)N(CC)C(C)CN(C)C)C(=O)O. The van der Waals surface area contributed by atoms with Crippen LogP contribution in [0.15, 0.2) is 0 Å². The minimum atomic E-state index is -0.982. The summed E-state index contributed by atoms with van der Waals surface area (Å²) in [4.78, 5) is 27.2. The first-order valence-electron chi connectivity index (χ1n) is 7.19. The second kappa shape index (κ2) is 8.79. The van der Waals surface area contributed by atoms with E-state index in [1.165, 1.54) is 0 Å². The third-order valence-corrected chi connectivity index (χ3v) is 3.52. The number of nitrogens with zero attached hydrogens (tertiary/aromatic N) is 2. The molecule has 0 aliphatic carbocycles. The molecule has 0 radical (unpaired) electrons. The minimum Gasteiger partial charge on any atom is -0.480 e. The van der Waals surface area contributed by atoms with Crippen LogP contribution < -0.4 is 5.32 Å². The van der Waals surface area contributed by atoms with Crippen LogP contribution in [0.4, 0.5) is 4.79 Å². The van der Waals surface area contributed by atoms with Crippen molar-refractivity contribution in [2.45, 2.75) is 46.2 Å². The smallest absolute Gasteiger partial charge is 0.326 e. The molecule has 0 heterocycles. The van der Waals surface area contributed by atoms with E-state index in [9.17, 15) is 14.7 Å². The molecule has 0 aliphatic heterocycles. The highest BCUT2D eigenvalue weighted by atomic mass is 16.4. The predicted octanol–water partition coefficient (Wildman–Crippen LogP) is 1.47. The van der Waals surface area contributed by atoms with Gasteiger partial charge < -0.3 is 20.2 Å². The van der Waals surface area contributed by atoms with Crippen molar-refractivity contribution >= 4 is 12.0 Å². The molecule has 20 heavy (non-hydrogen) atoms. The van der Waals surface area contributed by atoms with Crippen LogP contribution in [0.3, 0.4) is 0 Å². The first-order valence-corrected chi connectivity index (χ1v) is 7.19. The molecule has 0 rings (SSSR count). The van der Waals surface area contributed by atoms with Crippen molar-refractivity contribution < 1.29 is 14.7 Å². The van der Waals surface area contributed by atoms with Gasteiger partial charge in [-0.3, -0.25) is 0 Å². The molecule has 0 aliphatic rings. The Bertz CT molecular complexity index is 321. The molecule has 118 valence electrons. The van der Waals surface area contributed by atoms with Gasteiger partial charge in [0.2, 0.25) is 0 Å². The van der Waals surface area contributed by atoms with Crippen LogP contribution in [0, 0.1) is 5.92 Å². The Morgan fingerprint density at radius 1 is 1.20 bits per heavy atom. The summed E-state index contributed by atoms with van der Waals surface area (Å²) in [6, 6.07) is -1.12. The summed E-state index contributed by atoms with van der Waals surface area (Å²) in [6.07, 6.45) is 0.705. The van der Waals surface area contributed by atoms with Crippen molar-refractivity contribution in [3.8, 4) is 0 Å². The summed E-state index contributed by atoms with van der Waals surface area (Å²) in [7, 11) is 3.89. The number of carbonyl (C=O) groups excluding carboxylic acids is 1. The standard InChI is InChI=1S/C14H29N3O3/c1-7-10(3)12(13(18)19)15-14(20)17(8-2)11(4)9-16(5)6/h10-12H,7-9H2,1-6H3,(H,15,20)(H,18,19)/t10-,11?,12-/m0/s1. The number of carboxylic acid groups (broad SMARTS) is 1. The molecular formula is C14H29N3O3. The van der Waals surface area contributed by atoms with Gasteiger partial charge in [0.05, 0.1) is 0 Å². The van der Waals surface area contributed by atoms with Crippen LogP contribution in [-0.4, -0.2) is 66.2 Å². The fourth-order valence-electron chi connectivity index (χ4n) is 2.18. The lowest BCUT2D eigenvalue weighted by Gasteiger charge is -2.32. The molecule has 0 aromatic heterocycles. The van der Waals surface area contributed by atoms with Crippen molar-refractivity contribution in [3.63, 3.8) is 0 Å². The van der Waals surface area contributed by atoms with Crippen LogP contribution in [0.1, 0.15) is 34.1 Å². The number of urea groups is 1. The average molecular weight is 287 g/mol. The maximum absolute atomic E-state index is 12.3.